The van der Waals surface area contributed by atoms with Gasteiger partial charge >= 0.3 is 5.97 Å². The summed E-state index contributed by atoms with van der Waals surface area (Å²) in [5.74, 6) is -0.270. The van der Waals surface area contributed by atoms with Gasteiger partial charge in [0, 0.05) is 10.6 Å². The summed E-state index contributed by atoms with van der Waals surface area (Å²) in [5.41, 5.74) is 0.555. The highest BCUT2D eigenvalue weighted by Gasteiger charge is 2.14. The van der Waals surface area contributed by atoms with E-state index in [4.69, 9.17) is 44.3 Å². The van der Waals surface area contributed by atoms with E-state index in [2.05, 4.69) is 0 Å². The minimum absolute atomic E-state index is 0.0262. The Morgan fingerprint density at radius 1 is 1.00 bits per heavy atom. The highest BCUT2D eigenvalue weighted by atomic mass is 35.5. The molecule has 0 aromatic heterocycles. The third-order valence-corrected chi connectivity index (χ3v) is 3.58. The molecule has 0 N–H and O–H groups in total. The fourth-order valence-corrected chi connectivity index (χ4v) is 2.59. The summed E-state index contributed by atoms with van der Waals surface area (Å²) in [4.78, 5) is 23.0. The van der Waals surface area contributed by atoms with Crippen LogP contribution in [0, 0.1) is 0 Å². The van der Waals surface area contributed by atoms with E-state index < -0.39 is 5.97 Å². The normalized spacial score (nSPS) is 10.3. The van der Waals surface area contributed by atoms with Crippen molar-refractivity contribution >= 4 is 46.6 Å². The Morgan fingerprint density at radius 3 is 2.09 bits per heavy atom. The number of carbonyl (C=O) groups is 2. The maximum atomic E-state index is 11.8. The van der Waals surface area contributed by atoms with Crippen molar-refractivity contribution in [1.29, 1.82) is 0 Å². The number of Topliss-reactive ketones (excluding diaryl/α,β-unsaturated/α-hetero) is 1. The molecule has 0 saturated heterocycles. The largest absolute Gasteiger partial charge is 0.482 e. The number of benzene rings is 2. The smallest absolute Gasteiger partial charge is 0.349 e. The molecule has 120 valence electrons. The fourth-order valence-electron chi connectivity index (χ4n) is 1.70. The van der Waals surface area contributed by atoms with E-state index in [1.165, 1.54) is 19.1 Å². The van der Waals surface area contributed by atoms with Gasteiger partial charge in [0.25, 0.3) is 0 Å². The number of ether oxygens (including phenoxy) is 2. The monoisotopic (exact) mass is 372 g/mol. The number of halogens is 3. The summed E-state index contributed by atoms with van der Waals surface area (Å²) in [6.07, 6.45) is 0. The molecule has 2 rings (SSSR count). The average molecular weight is 374 g/mol. The molecule has 23 heavy (non-hydrogen) atoms. The number of ketones is 1. The number of rotatable bonds is 5. The van der Waals surface area contributed by atoms with Crippen molar-refractivity contribution in [3.63, 3.8) is 0 Å². The molecular weight excluding hydrogens is 363 g/mol. The molecule has 0 aliphatic heterocycles. The van der Waals surface area contributed by atoms with Crippen LogP contribution in [0.1, 0.15) is 17.3 Å². The third-order valence-electron chi connectivity index (χ3n) is 2.80. The second-order valence-corrected chi connectivity index (χ2v) is 5.79. The van der Waals surface area contributed by atoms with Crippen molar-refractivity contribution in [2.45, 2.75) is 6.92 Å². The van der Waals surface area contributed by atoms with Crippen molar-refractivity contribution in [1.82, 2.24) is 0 Å². The van der Waals surface area contributed by atoms with Gasteiger partial charge in [0.05, 0.1) is 10.0 Å². The Morgan fingerprint density at radius 2 is 1.57 bits per heavy atom. The molecule has 0 heterocycles. The van der Waals surface area contributed by atoms with Crippen LogP contribution in [0.3, 0.4) is 0 Å². The number of hydrogen-bond donors (Lipinski definition) is 0. The average Bonchev–Trinajstić information content (AvgIpc) is 2.49. The third kappa shape index (κ3) is 4.86. The zero-order valence-electron chi connectivity index (χ0n) is 11.9. The van der Waals surface area contributed by atoms with Crippen molar-refractivity contribution in [3.05, 3.63) is 57.0 Å². The highest BCUT2D eigenvalue weighted by Crippen LogP contribution is 2.35. The number of hydrogen-bond acceptors (Lipinski definition) is 4. The van der Waals surface area contributed by atoms with E-state index in [1.807, 2.05) is 0 Å². The lowest BCUT2D eigenvalue weighted by Crippen LogP contribution is -2.18. The van der Waals surface area contributed by atoms with Gasteiger partial charge < -0.3 is 9.47 Å². The Kier molecular flexibility index (Phi) is 5.88. The standard InChI is InChI=1S/C16H11Cl3O4/c1-9(20)10-2-4-12(5-3-10)22-8-15(21)23-16-13(18)6-11(17)7-14(16)19/h2-7H,8H2,1H3. The van der Waals surface area contributed by atoms with Gasteiger partial charge in [0.2, 0.25) is 0 Å². The van der Waals surface area contributed by atoms with Crippen molar-refractivity contribution in [3.8, 4) is 11.5 Å². The van der Waals surface area contributed by atoms with Crippen LogP contribution in [0.25, 0.3) is 0 Å². The number of carbonyl (C=O) groups excluding carboxylic acids is 2. The van der Waals surface area contributed by atoms with Gasteiger partial charge in [-0.05, 0) is 43.3 Å². The lowest BCUT2D eigenvalue weighted by Gasteiger charge is -2.10. The summed E-state index contributed by atoms with van der Waals surface area (Å²) in [5, 5.41) is 0.588. The van der Waals surface area contributed by atoms with E-state index in [0.29, 0.717) is 16.3 Å². The lowest BCUT2D eigenvalue weighted by molar-refractivity contribution is -0.136. The molecule has 0 saturated carbocycles. The van der Waals surface area contributed by atoms with Crippen LogP contribution in [-0.2, 0) is 4.79 Å². The predicted octanol–water partition coefficient (Wildman–Crippen LogP) is 4.83. The minimum atomic E-state index is -0.674. The molecule has 2 aromatic carbocycles. The maximum Gasteiger partial charge on any atom is 0.349 e. The molecule has 0 fully saturated rings. The van der Waals surface area contributed by atoms with Crippen LogP contribution in [0.2, 0.25) is 15.1 Å². The van der Waals surface area contributed by atoms with E-state index in [0.717, 1.165) is 0 Å². The lowest BCUT2D eigenvalue weighted by atomic mass is 10.1. The molecule has 7 heteroatoms. The van der Waals surface area contributed by atoms with Crippen LogP contribution in [-0.4, -0.2) is 18.4 Å². The van der Waals surface area contributed by atoms with Gasteiger partial charge in [0.1, 0.15) is 5.75 Å². The first kappa shape index (κ1) is 17.6. The number of esters is 1. The van der Waals surface area contributed by atoms with Gasteiger partial charge in [0.15, 0.2) is 18.1 Å². The Labute approximate surface area is 147 Å². The Hall–Kier alpha value is -1.75. The molecule has 0 aliphatic rings. The van der Waals surface area contributed by atoms with E-state index in [1.54, 1.807) is 24.3 Å². The fraction of sp³-hybridized carbons (Fsp3) is 0.125. The van der Waals surface area contributed by atoms with E-state index in [-0.39, 0.29) is 28.2 Å². The van der Waals surface area contributed by atoms with E-state index in [9.17, 15) is 9.59 Å². The minimum Gasteiger partial charge on any atom is -0.482 e. The van der Waals surface area contributed by atoms with Crippen LogP contribution in [0.15, 0.2) is 36.4 Å². The summed E-state index contributed by atoms with van der Waals surface area (Å²) >= 11 is 17.6. The molecule has 0 bridgehead atoms. The van der Waals surface area contributed by atoms with E-state index >= 15 is 0 Å². The second-order valence-electron chi connectivity index (χ2n) is 4.54. The molecule has 0 spiro atoms. The quantitative estimate of drug-likeness (QED) is 0.428. The summed E-state index contributed by atoms with van der Waals surface area (Å²) in [6.45, 7) is 1.13. The van der Waals surface area contributed by atoms with Crippen molar-refractivity contribution < 1.29 is 19.1 Å². The van der Waals surface area contributed by atoms with Gasteiger partial charge in [-0.1, -0.05) is 34.8 Å². The van der Waals surface area contributed by atoms with Gasteiger partial charge in [-0.2, -0.15) is 0 Å². The molecule has 2 aromatic rings. The summed E-state index contributed by atoms with van der Waals surface area (Å²) < 4.78 is 10.4. The molecule has 0 radical (unpaired) electrons. The zero-order chi connectivity index (χ0) is 17.0. The first-order valence-corrected chi connectivity index (χ1v) is 7.59. The van der Waals surface area contributed by atoms with Crippen LogP contribution < -0.4 is 9.47 Å². The topological polar surface area (TPSA) is 52.6 Å². The SMILES string of the molecule is CC(=O)c1ccc(OCC(=O)Oc2c(Cl)cc(Cl)cc2Cl)cc1. The summed E-state index contributed by atoms with van der Waals surface area (Å²) in [7, 11) is 0. The Balaban J connectivity index is 1.96. The Bertz CT molecular complexity index is 718. The summed E-state index contributed by atoms with van der Waals surface area (Å²) in [6, 6.07) is 9.22. The highest BCUT2D eigenvalue weighted by molar-refractivity contribution is 6.40. The molecule has 0 aliphatic carbocycles. The first-order chi connectivity index (χ1) is 10.9. The maximum absolute atomic E-state index is 11.8. The van der Waals surface area contributed by atoms with Gasteiger partial charge in [-0.3, -0.25) is 4.79 Å². The molecule has 0 amide bonds. The van der Waals surface area contributed by atoms with Crippen molar-refractivity contribution in [2.75, 3.05) is 6.61 Å². The van der Waals surface area contributed by atoms with Crippen LogP contribution in [0.5, 0.6) is 11.5 Å². The van der Waals surface area contributed by atoms with Crippen LogP contribution >= 0.6 is 34.8 Å². The van der Waals surface area contributed by atoms with Gasteiger partial charge in [-0.25, -0.2) is 4.79 Å². The zero-order valence-corrected chi connectivity index (χ0v) is 14.2. The first-order valence-electron chi connectivity index (χ1n) is 6.46. The molecular formula is C16H11Cl3O4. The van der Waals surface area contributed by atoms with Crippen molar-refractivity contribution in [2.24, 2.45) is 0 Å². The molecule has 0 atom stereocenters. The molecule has 4 nitrogen and oxygen atoms in total. The van der Waals surface area contributed by atoms with Crippen LogP contribution in [0.4, 0.5) is 0 Å². The molecule has 0 unspecified atom stereocenters. The predicted molar refractivity (Wildman–Crippen MR) is 89.0 cm³/mol. The van der Waals surface area contributed by atoms with Gasteiger partial charge in [-0.15, -0.1) is 0 Å². The second kappa shape index (κ2) is 7.68.